The Morgan fingerprint density at radius 2 is 1.91 bits per heavy atom. The highest BCUT2D eigenvalue weighted by atomic mass is 16.6. The highest BCUT2D eigenvalue weighted by Gasteiger charge is 2.21. The molecule has 2 N–H and O–H groups in total. The maximum atomic E-state index is 12.3. The van der Waals surface area contributed by atoms with Gasteiger partial charge in [-0.05, 0) is 32.9 Å². The van der Waals surface area contributed by atoms with Crippen LogP contribution < -0.4 is 10.6 Å². The minimum absolute atomic E-state index is 0.127. The predicted molar refractivity (Wildman–Crippen MR) is 87.5 cm³/mol. The van der Waals surface area contributed by atoms with Gasteiger partial charge in [0.25, 0.3) is 11.6 Å². The smallest absolute Gasteiger partial charge is 0.293 e. The Labute approximate surface area is 135 Å². The van der Waals surface area contributed by atoms with E-state index in [1.165, 1.54) is 30.1 Å². The Hall–Kier alpha value is -2.64. The molecule has 0 heterocycles. The lowest BCUT2D eigenvalue weighted by Gasteiger charge is -2.23. The molecule has 0 atom stereocenters. The van der Waals surface area contributed by atoms with E-state index in [0.717, 1.165) is 0 Å². The molecular formula is C15H22N4O4. The Morgan fingerprint density at radius 3 is 2.39 bits per heavy atom. The second-order valence-corrected chi connectivity index (χ2v) is 6.20. The van der Waals surface area contributed by atoms with Crippen LogP contribution in [0, 0.1) is 10.1 Å². The number of hydrogen-bond donors (Lipinski definition) is 2. The van der Waals surface area contributed by atoms with Gasteiger partial charge in [-0.3, -0.25) is 19.7 Å². The van der Waals surface area contributed by atoms with Gasteiger partial charge in [-0.1, -0.05) is 0 Å². The lowest BCUT2D eigenvalue weighted by Crippen LogP contribution is -2.46. The van der Waals surface area contributed by atoms with E-state index in [4.69, 9.17) is 0 Å². The van der Waals surface area contributed by atoms with Gasteiger partial charge in [0.05, 0.1) is 11.5 Å². The Kier molecular flexibility index (Phi) is 5.67. The molecule has 1 aromatic rings. The number of nitro groups is 1. The van der Waals surface area contributed by atoms with Crippen LogP contribution in [-0.2, 0) is 4.79 Å². The minimum Gasteiger partial charge on any atom is -0.383 e. The van der Waals surface area contributed by atoms with Crippen molar-refractivity contribution in [1.29, 1.82) is 0 Å². The molecule has 8 heteroatoms. The van der Waals surface area contributed by atoms with Gasteiger partial charge in [0.1, 0.15) is 5.69 Å². The van der Waals surface area contributed by atoms with Crippen molar-refractivity contribution in [1.82, 2.24) is 10.2 Å². The number of rotatable bonds is 5. The average Bonchev–Trinajstić information content (AvgIpc) is 2.43. The molecule has 23 heavy (non-hydrogen) atoms. The zero-order chi connectivity index (χ0) is 17.8. The summed E-state index contributed by atoms with van der Waals surface area (Å²) in [5, 5.41) is 16.5. The fourth-order valence-electron chi connectivity index (χ4n) is 1.99. The van der Waals surface area contributed by atoms with Crippen LogP contribution in [0.1, 0.15) is 31.1 Å². The van der Waals surface area contributed by atoms with Gasteiger partial charge < -0.3 is 15.5 Å². The number of benzene rings is 1. The summed E-state index contributed by atoms with van der Waals surface area (Å²) in [6.45, 7) is 5.39. The van der Waals surface area contributed by atoms with E-state index in [1.807, 2.05) is 20.8 Å². The zero-order valence-corrected chi connectivity index (χ0v) is 14.0. The largest absolute Gasteiger partial charge is 0.383 e. The molecule has 8 nitrogen and oxygen atoms in total. The van der Waals surface area contributed by atoms with Crippen molar-refractivity contribution in [3.05, 3.63) is 33.9 Å². The molecule has 0 saturated heterocycles. The summed E-state index contributed by atoms with van der Waals surface area (Å²) in [6.07, 6.45) is 0. The summed E-state index contributed by atoms with van der Waals surface area (Å²) in [6, 6.07) is 4.15. The molecule has 1 aromatic carbocycles. The van der Waals surface area contributed by atoms with Gasteiger partial charge in [-0.15, -0.1) is 0 Å². The normalized spacial score (nSPS) is 10.8. The quantitative estimate of drug-likeness (QED) is 0.633. The van der Waals surface area contributed by atoms with Gasteiger partial charge in [0.15, 0.2) is 0 Å². The van der Waals surface area contributed by atoms with Crippen LogP contribution in [0.5, 0.6) is 0 Å². The minimum atomic E-state index is -0.561. The maximum absolute atomic E-state index is 12.3. The van der Waals surface area contributed by atoms with Gasteiger partial charge >= 0.3 is 0 Å². The van der Waals surface area contributed by atoms with E-state index < -0.39 is 16.4 Å². The average molecular weight is 322 g/mol. The van der Waals surface area contributed by atoms with Crippen LogP contribution in [0.4, 0.5) is 11.4 Å². The van der Waals surface area contributed by atoms with Crippen LogP contribution >= 0.6 is 0 Å². The number of nitrogens with zero attached hydrogens (tertiary/aromatic N) is 2. The lowest BCUT2D eigenvalue weighted by atomic mass is 10.1. The van der Waals surface area contributed by atoms with Gasteiger partial charge in [-0.25, -0.2) is 0 Å². The molecule has 0 aliphatic carbocycles. The molecule has 126 valence electrons. The fraction of sp³-hybridized carbons (Fsp3) is 0.467. The van der Waals surface area contributed by atoms with E-state index in [2.05, 4.69) is 10.6 Å². The fourth-order valence-corrected chi connectivity index (χ4v) is 1.99. The van der Waals surface area contributed by atoms with Crippen molar-refractivity contribution in [2.75, 3.05) is 26.0 Å². The number of carbonyl (C=O) groups excluding carboxylic acids is 2. The van der Waals surface area contributed by atoms with Crippen LogP contribution in [0.15, 0.2) is 18.2 Å². The Bertz CT molecular complexity index is 622. The molecule has 0 aliphatic heterocycles. The van der Waals surface area contributed by atoms with Gasteiger partial charge in [0.2, 0.25) is 5.91 Å². The topological polar surface area (TPSA) is 105 Å². The molecule has 1 rings (SSSR count). The van der Waals surface area contributed by atoms with E-state index in [9.17, 15) is 19.7 Å². The monoisotopic (exact) mass is 322 g/mol. The third kappa shape index (κ3) is 5.24. The first-order chi connectivity index (χ1) is 10.5. The maximum Gasteiger partial charge on any atom is 0.293 e. The van der Waals surface area contributed by atoms with Crippen LogP contribution in [0.25, 0.3) is 0 Å². The highest BCUT2D eigenvalue weighted by Crippen LogP contribution is 2.25. The van der Waals surface area contributed by atoms with Crippen LogP contribution in [0.2, 0.25) is 0 Å². The van der Waals surface area contributed by atoms with Crippen LogP contribution in [0.3, 0.4) is 0 Å². The van der Waals surface area contributed by atoms with Crippen LogP contribution in [-0.4, -0.2) is 47.8 Å². The third-order valence-electron chi connectivity index (χ3n) is 2.95. The molecule has 0 bridgehead atoms. The van der Waals surface area contributed by atoms with Crippen molar-refractivity contribution in [2.24, 2.45) is 0 Å². The Morgan fingerprint density at radius 1 is 1.30 bits per heavy atom. The zero-order valence-electron chi connectivity index (χ0n) is 14.0. The lowest BCUT2D eigenvalue weighted by molar-refractivity contribution is -0.384. The number of amides is 2. The number of likely N-dealkylation sites (N-methyl/N-ethyl adjacent to an activating group) is 1. The van der Waals surface area contributed by atoms with E-state index in [0.29, 0.717) is 5.69 Å². The SMILES string of the molecule is CNc1ccc(C(=O)N(C)CC(=O)NC(C)(C)C)cc1[N+](=O)[O-]. The molecule has 0 spiro atoms. The van der Waals surface area contributed by atoms with Crippen molar-refractivity contribution in [3.8, 4) is 0 Å². The third-order valence-corrected chi connectivity index (χ3v) is 2.95. The summed E-state index contributed by atoms with van der Waals surface area (Å²) in [7, 11) is 3.04. The summed E-state index contributed by atoms with van der Waals surface area (Å²) >= 11 is 0. The summed E-state index contributed by atoms with van der Waals surface area (Å²) in [4.78, 5) is 35.9. The van der Waals surface area contributed by atoms with Crippen molar-refractivity contribution in [2.45, 2.75) is 26.3 Å². The standard InChI is InChI=1S/C15H22N4O4/c1-15(2,3)17-13(20)9-18(5)14(21)10-6-7-11(16-4)12(8-10)19(22)23/h6-8,16H,9H2,1-5H3,(H,17,20). The molecule has 0 aromatic heterocycles. The molecular weight excluding hydrogens is 300 g/mol. The number of anilines is 1. The second kappa shape index (κ2) is 7.08. The summed E-state index contributed by atoms with van der Waals surface area (Å²) < 4.78 is 0. The van der Waals surface area contributed by atoms with Gasteiger partial charge in [-0.2, -0.15) is 0 Å². The van der Waals surface area contributed by atoms with Crippen molar-refractivity contribution in [3.63, 3.8) is 0 Å². The van der Waals surface area contributed by atoms with E-state index >= 15 is 0 Å². The Balaban J connectivity index is 2.90. The van der Waals surface area contributed by atoms with Crippen molar-refractivity contribution >= 4 is 23.2 Å². The number of nitro benzene ring substituents is 1. The molecule has 0 radical (unpaired) electrons. The number of carbonyl (C=O) groups is 2. The molecule has 0 saturated carbocycles. The summed E-state index contributed by atoms with van der Waals surface area (Å²) in [5.41, 5.74) is -0.110. The first-order valence-corrected chi connectivity index (χ1v) is 7.08. The molecule has 0 aliphatic rings. The first-order valence-electron chi connectivity index (χ1n) is 7.08. The molecule has 0 unspecified atom stereocenters. The predicted octanol–water partition coefficient (Wildman–Crippen LogP) is 1.62. The van der Waals surface area contributed by atoms with Crippen molar-refractivity contribution < 1.29 is 14.5 Å². The summed E-state index contributed by atoms with van der Waals surface area (Å²) in [5.74, 6) is -0.755. The van der Waals surface area contributed by atoms with E-state index in [-0.39, 0.29) is 23.7 Å². The van der Waals surface area contributed by atoms with E-state index in [1.54, 1.807) is 7.05 Å². The second-order valence-electron chi connectivity index (χ2n) is 6.20. The first kappa shape index (κ1) is 18.4. The van der Waals surface area contributed by atoms with Gasteiger partial charge in [0, 0.05) is 31.3 Å². The molecule has 2 amide bonds. The highest BCUT2D eigenvalue weighted by molar-refractivity contribution is 5.97. The molecule has 0 fully saturated rings. The number of hydrogen-bond acceptors (Lipinski definition) is 5. The number of nitrogens with one attached hydrogen (secondary N) is 2.